The number of fused-ring (bicyclic) bond motifs is 1. The number of carbonyl (C=O) groups excluding carboxylic acids is 2. The van der Waals surface area contributed by atoms with Crippen molar-refractivity contribution in [3.05, 3.63) is 46.8 Å². The predicted molar refractivity (Wildman–Crippen MR) is 95.8 cm³/mol. The van der Waals surface area contributed by atoms with Crippen LogP contribution in [-0.2, 0) is 6.42 Å². The maximum absolute atomic E-state index is 12.7. The van der Waals surface area contributed by atoms with Crippen molar-refractivity contribution in [2.24, 2.45) is 0 Å². The van der Waals surface area contributed by atoms with Gasteiger partial charge in [-0.2, -0.15) is 0 Å². The first-order valence-corrected chi connectivity index (χ1v) is 9.23. The Morgan fingerprint density at radius 1 is 1.27 bits per heavy atom. The zero-order valence-electron chi connectivity index (χ0n) is 14.9. The van der Waals surface area contributed by atoms with Crippen molar-refractivity contribution in [2.45, 2.75) is 45.1 Å². The van der Waals surface area contributed by atoms with Crippen LogP contribution >= 0.6 is 0 Å². The van der Waals surface area contributed by atoms with E-state index in [1.807, 2.05) is 18.0 Å². The fourth-order valence-electron chi connectivity index (χ4n) is 3.78. The molecule has 7 heteroatoms. The smallest absolute Gasteiger partial charge is 0.270 e. The van der Waals surface area contributed by atoms with E-state index in [-0.39, 0.29) is 17.9 Å². The zero-order valence-corrected chi connectivity index (χ0v) is 14.9. The number of hydrogen-bond acceptors (Lipinski definition) is 4. The Balaban J connectivity index is 1.47. The van der Waals surface area contributed by atoms with Gasteiger partial charge in [-0.3, -0.25) is 9.59 Å². The minimum atomic E-state index is -0.180. The molecule has 3 heterocycles. The average molecular weight is 353 g/mol. The lowest BCUT2D eigenvalue weighted by Gasteiger charge is -2.25. The number of aromatic amines is 1. The molecule has 1 aliphatic carbocycles. The second-order valence-electron chi connectivity index (χ2n) is 7.04. The summed E-state index contributed by atoms with van der Waals surface area (Å²) >= 11 is 0. The molecule has 1 atom stereocenters. The summed E-state index contributed by atoms with van der Waals surface area (Å²) in [6.45, 7) is 3.45. The molecule has 0 spiro atoms. The Hall–Kier alpha value is -2.70. The quantitative estimate of drug-likeness (QED) is 0.885. The number of aromatic nitrogens is 3. The van der Waals surface area contributed by atoms with Crippen LogP contribution in [0.1, 0.15) is 69.7 Å². The van der Waals surface area contributed by atoms with Crippen LogP contribution in [-0.4, -0.2) is 44.8 Å². The summed E-state index contributed by atoms with van der Waals surface area (Å²) in [5.41, 5.74) is 2.97. The van der Waals surface area contributed by atoms with Crippen molar-refractivity contribution < 1.29 is 9.59 Å². The first-order chi connectivity index (χ1) is 12.6. The number of hydrogen-bond donors (Lipinski definition) is 2. The van der Waals surface area contributed by atoms with Gasteiger partial charge >= 0.3 is 0 Å². The van der Waals surface area contributed by atoms with Crippen molar-refractivity contribution >= 4 is 11.8 Å². The van der Waals surface area contributed by atoms with E-state index in [9.17, 15) is 9.59 Å². The molecular formula is C19H23N5O2. The number of nitrogens with zero attached hydrogens (tertiary/aromatic N) is 3. The van der Waals surface area contributed by atoms with Gasteiger partial charge in [-0.25, -0.2) is 9.97 Å². The molecule has 0 aromatic carbocycles. The number of likely N-dealkylation sites (tertiary alicyclic amines) is 1. The molecule has 1 saturated heterocycles. The minimum Gasteiger partial charge on any atom is -0.356 e. The first-order valence-electron chi connectivity index (χ1n) is 9.23. The molecule has 0 radical (unpaired) electrons. The van der Waals surface area contributed by atoms with Gasteiger partial charge in [0, 0.05) is 36.7 Å². The SMILES string of the molecule is Cc1ncc2c(n1)CCCC2NC(=O)c1c[nH]c(C(=O)N2CCCC2)c1. The molecule has 4 rings (SSSR count). The highest BCUT2D eigenvalue weighted by atomic mass is 16.2. The highest BCUT2D eigenvalue weighted by Crippen LogP contribution is 2.28. The van der Waals surface area contributed by atoms with Crippen LogP contribution in [0.25, 0.3) is 0 Å². The van der Waals surface area contributed by atoms with Crippen LogP contribution in [0.2, 0.25) is 0 Å². The molecule has 7 nitrogen and oxygen atoms in total. The topological polar surface area (TPSA) is 91.0 Å². The van der Waals surface area contributed by atoms with Crippen molar-refractivity contribution in [1.82, 2.24) is 25.2 Å². The number of rotatable bonds is 3. The molecule has 2 aromatic heterocycles. The van der Waals surface area contributed by atoms with E-state index in [1.54, 1.807) is 12.3 Å². The van der Waals surface area contributed by atoms with Crippen molar-refractivity contribution in [1.29, 1.82) is 0 Å². The second-order valence-corrected chi connectivity index (χ2v) is 7.04. The van der Waals surface area contributed by atoms with Gasteiger partial charge in [0.15, 0.2) is 0 Å². The van der Waals surface area contributed by atoms with Crippen LogP contribution in [0.5, 0.6) is 0 Å². The van der Waals surface area contributed by atoms with Gasteiger partial charge < -0.3 is 15.2 Å². The lowest BCUT2D eigenvalue weighted by molar-refractivity contribution is 0.0787. The fraction of sp³-hybridized carbons (Fsp3) is 0.474. The number of H-pyrrole nitrogens is 1. The highest BCUT2D eigenvalue weighted by Gasteiger charge is 2.25. The third-order valence-electron chi connectivity index (χ3n) is 5.18. The number of carbonyl (C=O) groups is 2. The van der Waals surface area contributed by atoms with Crippen LogP contribution in [0, 0.1) is 6.92 Å². The lowest BCUT2D eigenvalue weighted by Crippen LogP contribution is -2.31. The Labute approximate surface area is 152 Å². The standard InChI is InChI=1S/C19H23N5O2/c1-12-20-11-14-15(22-12)5-4-6-16(14)23-18(25)13-9-17(21-10-13)19(26)24-7-2-3-8-24/h9-11,16,21H,2-8H2,1H3,(H,23,25). The highest BCUT2D eigenvalue weighted by molar-refractivity contribution is 5.99. The first kappa shape index (κ1) is 16.8. The molecule has 0 bridgehead atoms. The van der Waals surface area contributed by atoms with E-state index in [4.69, 9.17) is 0 Å². The van der Waals surface area contributed by atoms with E-state index in [2.05, 4.69) is 20.3 Å². The van der Waals surface area contributed by atoms with E-state index in [0.717, 1.165) is 62.3 Å². The van der Waals surface area contributed by atoms with Crippen LogP contribution < -0.4 is 5.32 Å². The lowest BCUT2D eigenvalue weighted by atomic mass is 9.92. The fourth-order valence-corrected chi connectivity index (χ4v) is 3.78. The number of nitrogens with one attached hydrogen (secondary N) is 2. The molecule has 2 aliphatic rings. The largest absolute Gasteiger partial charge is 0.356 e. The summed E-state index contributed by atoms with van der Waals surface area (Å²) in [5.74, 6) is 0.542. The van der Waals surface area contributed by atoms with Gasteiger partial charge in [0.05, 0.1) is 11.6 Å². The molecule has 2 aromatic rings. The third-order valence-corrected chi connectivity index (χ3v) is 5.18. The molecule has 2 N–H and O–H groups in total. The van der Waals surface area contributed by atoms with Crippen LogP contribution in [0.3, 0.4) is 0 Å². The Morgan fingerprint density at radius 3 is 2.88 bits per heavy atom. The van der Waals surface area contributed by atoms with E-state index >= 15 is 0 Å². The minimum absolute atomic E-state index is 0.0339. The summed E-state index contributed by atoms with van der Waals surface area (Å²) in [4.78, 5) is 38.6. The summed E-state index contributed by atoms with van der Waals surface area (Å²) < 4.78 is 0. The predicted octanol–water partition coefficient (Wildman–Crippen LogP) is 2.16. The summed E-state index contributed by atoms with van der Waals surface area (Å²) in [6, 6.07) is 1.56. The maximum Gasteiger partial charge on any atom is 0.270 e. The average Bonchev–Trinajstić information content (AvgIpc) is 3.33. The monoisotopic (exact) mass is 353 g/mol. The van der Waals surface area contributed by atoms with Gasteiger partial charge in [-0.1, -0.05) is 0 Å². The Kier molecular flexibility index (Phi) is 4.44. The van der Waals surface area contributed by atoms with Gasteiger partial charge in [-0.05, 0) is 45.1 Å². The molecule has 0 saturated carbocycles. The normalized spacial score (nSPS) is 19.3. The van der Waals surface area contributed by atoms with Gasteiger partial charge in [0.25, 0.3) is 11.8 Å². The number of aryl methyl sites for hydroxylation is 2. The summed E-state index contributed by atoms with van der Waals surface area (Å²) in [6.07, 6.45) is 8.29. The van der Waals surface area contributed by atoms with Crippen molar-refractivity contribution in [2.75, 3.05) is 13.1 Å². The van der Waals surface area contributed by atoms with Crippen molar-refractivity contribution in [3.63, 3.8) is 0 Å². The molecule has 2 amide bonds. The Bertz CT molecular complexity index is 838. The second kappa shape index (κ2) is 6.90. The number of amides is 2. The van der Waals surface area contributed by atoms with Crippen LogP contribution in [0.4, 0.5) is 0 Å². The van der Waals surface area contributed by atoms with Crippen molar-refractivity contribution in [3.8, 4) is 0 Å². The van der Waals surface area contributed by atoms with E-state index < -0.39 is 0 Å². The van der Waals surface area contributed by atoms with E-state index in [0.29, 0.717) is 11.3 Å². The molecule has 1 unspecified atom stereocenters. The molecule has 1 aliphatic heterocycles. The summed E-state index contributed by atoms with van der Waals surface area (Å²) in [7, 11) is 0. The third kappa shape index (κ3) is 3.21. The molecule has 26 heavy (non-hydrogen) atoms. The van der Waals surface area contributed by atoms with Gasteiger partial charge in [0.2, 0.25) is 0 Å². The zero-order chi connectivity index (χ0) is 18.1. The maximum atomic E-state index is 12.7. The Morgan fingerprint density at radius 2 is 2.08 bits per heavy atom. The van der Waals surface area contributed by atoms with E-state index in [1.165, 1.54) is 0 Å². The summed E-state index contributed by atoms with van der Waals surface area (Å²) in [5, 5.41) is 3.07. The van der Waals surface area contributed by atoms with Gasteiger partial charge in [0.1, 0.15) is 11.5 Å². The van der Waals surface area contributed by atoms with Gasteiger partial charge in [-0.15, -0.1) is 0 Å². The molecule has 136 valence electrons. The van der Waals surface area contributed by atoms with Crippen LogP contribution in [0.15, 0.2) is 18.5 Å². The molecule has 1 fully saturated rings. The molecular weight excluding hydrogens is 330 g/mol.